The molecule has 3 aromatic carbocycles. The van der Waals surface area contributed by atoms with Crippen LogP contribution in [-0.4, -0.2) is 48.0 Å². The van der Waals surface area contributed by atoms with Gasteiger partial charge in [-0.3, -0.25) is 19.3 Å². The first-order valence-electron chi connectivity index (χ1n) is 10.8. The van der Waals surface area contributed by atoms with Crippen molar-refractivity contribution in [1.29, 1.82) is 0 Å². The Morgan fingerprint density at radius 3 is 2.59 bits per heavy atom. The van der Waals surface area contributed by atoms with Gasteiger partial charge in [0.1, 0.15) is 22.9 Å². The van der Waals surface area contributed by atoms with Crippen LogP contribution >= 0.6 is 11.6 Å². The summed E-state index contributed by atoms with van der Waals surface area (Å²) in [5, 5.41) is 3.16. The van der Waals surface area contributed by atoms with E-state index in [0.29, 0.717) is 42.6 Å². The van der Waals surface area contributed by atoms with Gasteiger partial charge >= 0.3 is 0 Å². The van der Waals surface area contributed by atoms with E-state index in [2.05, 4.69) is 10.2 Å². The Bertz CT molecular complexity index is 1270. The maximum atomic E-state index is 13.1. The molecule has 1 atom stereocenters. The first-order valence-corrected chi connectivity index (χ1v) is 11.1. The van der Waals surface area contributed by atoms with Crippen LogP contribution in [0.25, 0.3) is 0 Å². The Balaban J connectivity index is 1.35. The van der Waals surface area contributed by atoms with Crippen molar-refractivity contribution in [1.82, 2.24) is 9.80 Å². The number of nitrogens with zero attached hydrogens (tertiary/aromatic N) is 2. The van der Waals surface area contributed by atoms with Crippen LogP contribution in [0.1, 0.15) is 12.5 Å². The van der Waals surface area contributed by atoms with E-state index in [0.717, 1.165) is 5.56 Å². The van der Waals surface area contributed by atoms with Gasteiger partial charge in [-0.05, 0) is 42.8 Å². The minimum atomic E-state index is -0.741. The number of halogens is 2. The van der Waals surface area contributed by atoms with Crippen molar-refractivity contribution in [3.63, 3.8) is 0 Å². The molecule has 1 fully saturated rings. The molecule has 0 saturated carbocycles. The highest BCUT2D eigenvalue weighted by atomic mass is 35.5. The van der Waals surface area contributed by atoms with Crippen molar-refractivity contribution in [3.05, 3.63) is 79.3 Å². The highest BCUT2D eigenvalue weighted by Gasteiger charge is 2.28. The number of rotatable bonds is 7. The summed E-state index contributed by atoms with van der Waals surface area (Å²) in [7, 11) is 0. The standard InChI is InChI=1S/C24H24ClFN4O4/c1-14-11-29(12-15-2-5-17(26)6-3-15)8-9-30(14)20(31)13-34-19-7-4-16(25)10-18(19)28-22-21(27)23(32)24(22)33/h2-7,10,14,28H,8-9,11-13,27H2,1H3/t14-/m1/s1. The topological polar surface area (TPSA) is 105 Å². The number of nitrogen functional groups attached to an aromatic ring is 1. The lowest BCUT2D eigenvalue weighted by Crippen LogP contribution is -2.54. The molecule has 3 aromatic rings. The summed E-state index contributed by atoms with van der Waals surface area (Å²) in [6.07, 6.45) is 0. The van der Waals surface area contributed by atoms with Crippen molar-refractivity contribution in [2.24, 2.45) is 0 Å². The third-order valence-electron chi connectivity index (χ3n) is 5.85. The molecule has 1 heterocycles. The van der Waals surface area contributed by atoms with Crippen LogP contribution in [-0.2, 0) is 11.3 Å². The molecule has 4 rings (SSSR count). The fraction of sp³-hybridized carbons (Fsp3) is 0.292. The number of carbonyl (C=O) groups excluding carboxylic acids is 1. The second kappa shape index (κ2) is 9.82. The molecule has 1 saturated heterocycles. The average molecular weight is 487 g/mol. The van der Waals surface area contributed by atoms with Crippen molar-refractivity contribution < 1.29 is 13.9 Å². The van der Waals surface area contributed by atoms with Crippen molar-refractivity contribution in [2.45, 2.75) is 19.5 Å². The van der Waals surface area contributed by atoms with Gasteiger partial charge in [-0.1, -0.05) is 23.7 Å². The smallest absolute Gasteiger partial charge is 0.260 e. The first kappa shape index (κ1) is 23.7. The minimum Gasteiger partial charge on any atom is -0.482 e. The summed E-state index contributed by atoms with van der Waals surface area (Å²) in [5.41, 5.74) is 5.30. The van der Waals surface area contributed by atoms with Gasteiger partial charge in [-0.15, -0.1) is 0 Å². The van der Waals surface area contributed by atoms with Crippen LogP contribution in [0.3, 0.4) is 0 Å². The lowest BCUT2D eigenvalue weighted by molar-refractivity contribution is -0.137. The number of ether oxygens (including phenoxy) is 1. The normalized spacial score (nSPS) is 16.6. The number of nitrogens with two attached hydrogens (primary N) is 1. The third-order valence-corrected chi connectivity index (χ3v) is 6.09. The van der Waals surface area contributed by atoms with Gasteiger partial charge < -0.3 is 20.7 Å². The summed E-state index contributed by atoms with van der Waals surface area (Å²) in [5.74, 6) is -0.143. The van der Waals surface area contributed by atoms with Crippen LogP contribution in [0, 0.1) is 5.82 Å². The Morgan fingerprint density at radius 2 is 1.91 bits per heavy atom. The van der Waals surface area contributed by atoms with E-state index in [1.165, 1.54) is 18.2 Å². The Kier molecular flexibility index (Phi) is 6.85. The minimum absolute atomic E-state index is 0.0191. The number of benzene rings is 2. The van der Waals surface area contributed by atoms with Gasteiger partial charge in [0, 0.05) is 37.2 Å². The van der Waals surface area contributed by atoms with Crippen molar-refractivity contribution in [3.8, 4) is 5.75 Å². The van der Waals surface area contributed by atoms with Crippen LogP contribution in [0.5, 0.6) is 5.75 Å². The summed E-state index contributed by atoms with van der Waals surface area (Å²) in [4.78, 5) is 40.0. The predicted molar refractivity (Wildman–Crippen MR) is 129 cm³/mol. The number of nitrogens with one attached hydrogen (secondary N) is 1. The number of anilines is 3. The highest BCUT2D eigenvalue weighted by Crippen LogP contribution is 2.31. The molecule has 1 aliphatic heterocycles. The molecule has 34 heavy (non-hydrogen) atoms. The molecule has 8 nitrogen and oxygen atoms in total. The quantitative estimate of drug-likeness (QED) is 0.494. The first-order chi connectivity index (χ1) is 16.2. The van der Waals surface area contributed by atoms with Gasteiger partial charge in [-0.25, -0.2) is 4.39 Å². The summed E-state index contributed by atoms with van der Waals surface area (Å²) in [6, 6.07) is 11.1. The molecule has 0 spiro atoms. The van der Waals surface area contributed by atoms with Crippen molar-refractivity contribution in [2.75, 3.05) is 37.3 Å². The van der Waals surface area contributed by atoms with Crippen LogP contribution in [0.15, 0.2) is 52.1 Å². The van der Waals surface area contributed by atoms with E-state index >= 15 is 0 Å². The summed E-state index contributed by atoms with van der Waals surface area (Å²) >= 11 is 6.05. The van der Waals surface area contributed by atoms with E-state index in [9.17, 15) is 18.8 Å². The second-order valence-corrected chi connectivity index (χ2v) is 8.74. The molecular formula is C24H24ClFN4O4. The number of hydrogen-bond acceptors (Lipinski definition) is 7. The van der Waals surface area contributed by atoms with Crippen LogP contribution in [0.2, 0.25) is 5.02 Å². The Hall–Kier alpha value is -3.43. The molecule has 0 aromatic heterocycles. The van der Waals surface area contributed by atoms with Gasteiger partial charge in [0.25, 0.3) is 16.8 Å². The highest BCUT2D eigenvalue weighted by molar-refractivity contribution is 6.31. The summed E-state index contributed by atoms with van der Waals surface area (Å²) in [6.45, 7) is 4.35. The molecule has 1 amide bonds. The van der Waals surface area contributed by atoms with Crippen molar-refractivity contribution >= 4 is 34.6 Å². The molecular weight excluding hydrogens is 463 g/mol. The SMILES string of the molecule is C[C@@H]1CN(Cc2ccc(F)cc2)CCN1C(=O)COc1ccc(Cl)cc1Nc1c(N)c(=O)c1=O. The number of hydrogen-bond donors (Lipinski definition) is 2. The Morgan fingerprint density at radius 1 is 1.18 bits per heavy atom. The molecule has 0 unspecified atom stereocenters. The zero-order valence-corrected chi connectivity index (χ0v) is 19.3. The molecule has 1 aliphatic rings. The van der Waals surface area contributed by atoms with E-state index in [1.807, 2.05) is 6.92 Å². The zero-order valence-electron chi connectivity index (χ0n) is 18.5. The lowest BCUT2D eigenvalue weighted by Gasteiger charge is -2.39. The van der Waals surface area contributed by atoms with Crippen LogP contribution in [0.4, 0.5) is 21.5 Å². The second-order valence-electron chi connectivity index (χ2n) is 8.30. The average Bonchev–Trinajstić information content (AvgIpc) is 2.82. The zero-order chi connectivity index (χ0) is 24.4. The lowest BCUT2D eigenvalue weighted by atomic mass is 10.1. The molecule has 178 valence electrons. The fourth-order valence-electron chi connectivity index (χ4n) is 4.01. The molecule has 10 heteroatoms. The maximum absolute atomic E-state index is 13.1. The molecule has 0 radical (unpaired) electrons. The van der Waals surface area contributed by atoms with E-state index in [-0.39, 0.29) is 35.7 Å². The Labute approximate surface area is 200 Å². The fourth-order valence-corrected chi connectivity index (χ4v) is 4.18. The maximum Gasteiger partial charge on any atom is 0.260 e. The number of piperazine rings is 1. The van der Waals surface area contributed by atoms with Gasteiger partial charge in [0.2, 0.25) is 0 Å². The predicted octanol–water partition coefficient (Wildman–Crippen LogP) is 2.51. The number of amides is 1. The van der Waals surface area contributed by atoms with E-state index < -0.39 is 10.9 Å². The largest absolute Gasteiger partial charge is 0.482 e. The van der Waals surface area contributed by atoms with Gasteiger partial charge in [0.05, 0.1) is 5.69 Å². The molecule has 0 bridgehead atoms. The monoisotopic (exact) mass is 486 g/mol. The summed E-state index contributed by atoms with van der Waals surface area (Å²) < 4.78 is 18.9. The number of carbonyl (C=O) groups is 1. The molecule has 0 aliphatic carbocycles. The third kappa shape index (κ3) is 5.05. The van der Waals surface area contributed by atoms with Crippen LogP contribution < -0.4 is 26.6 Å². The van der Waals surface area contributed by atoms with E-state index in [1.54, 1.807) is 29.2 Å². The van der Waals surface area contributed by atoms with Gasteiger partial charge in [0.15, 0.2) is 6.61 Å². The van der Waals surface area contributed by atoms with E-state index in [4.69, 9.17) is 22.1 Å². The molecule has 3 N–H and O–H groups in total. The van der Waals surface area contributed by atoms with Gasteiger partial charge in [-0.2, -0.15) is 0 Å².